The Morgan fingerprint density at radius 2 is 1.95 bits per heavy atom. The topological polar surface area (TPSA) is 50.7 Å². The summed E-state index contributed by atoms with van der Waals surface area (Å²) in [4.78, 5) is 16.5. The molecule has 2 aromatic rings. The van der Waals surface area contributed by atoms with Crippen LogP contribution in [0, 0.1) is 0 Å². The molecule has 0 spiro atoms. The van der Waals surface area contributed by atoms with Gasteiger partial charge in [-0.15, -0.1) is 0 Å². The number of benzene rings is 2. The van der Waals surface area contributed by atoms with Crippen LogP contribution in [0.2, 0.25) is 5.02 Å². The third-order valence-electron chi connectivity index (χ3n) is 3.24. The minimum absolute atomic E-state index is 0.299. The van der Waals surface area contributed by atoms with E-state index >= 15 is 0 Å². The van der Waals surface area contributed by atoms with E-state index in [2.05, 4.69) is 10.3 Å². The monoisotopic (exact) mass is 300 g/mol. The van der Waals surface area contributed by atoms with Crippen LogP contribution in [0.3, 0.4) is 0 Å². The zero-order valence-electron chi connectivity index (χ0n) is 11.3. The third kappa shape index (κ3) is 2.68. The summed E-state index contributed by atoms with van der Waals surface area (Å²) >= 11 is 6.09. The molecule has 1 amide bonds. The van der Waals surface area contributed by atoms with Gasteiger partial charge in [0.1, 0.15) is 0 Å². The van der Waals surface area contributed by atoms with Crippen LogP contribution < -0.4 is 5.32 Å². The molecule has 0 aliphatic carbocycles. The Balaban J connectivity index is 2.22. The Morgan fingerprint density at radius 3 is 2.67 bits per heavy atom. The summed E-state index contributed by atoms with van der Waals surface area (Å²) in [7, 11) is 1.46. The fraction of sp³-hybridized carbons (Fsp3) is 0.125. The van der Waals surface area contributed by atoms with Gasteiger partial charge in [0.2, 0.25) is 6.23 Å². The van der Waals surface area contributed by atoms with Crippen molar-refractivity contribution in [1.29, 1.82) is 0 Å². The lowest BCUT2D eigenvalue weighted by Gasteiger charge is -2.10. The average molecular weight is 301 g/mol. The molecular weight excluding hydrogens is 288 g/mol. The first-order valence-electron chi connectivity index (χ1n) is 6.46. The summed E-state index contributed by atoms with van der Waals surface area (Å²) in [5, 5.41) is 3.40. The molecule has 1 heterocycles. The molecule has 21 heavy (non-hydrogen) atoms. The first-order chi connectivity index (χ1) is 10.2. The number of fused-ring (bicyclic) bond motifs is 1. The summed E-state index contributed by atoms with van der Waals surface area (Å²) in [5.41, 5.74) is 3.03. The molecule has 5 heteroatoms. The van der Waals surface area contributed by atoms with Crippen LogP contribution in [0.1, 0.15) is 11.1 Å². The molecule has 0 saturated carbocycles. The fourth-order valence-corrected chi connectivity index (χ4v) is 2.42. The van der Waals surface area contributed by atoms with Crippen molar-refractivity contribution >= 4 is 28.9 Å². The second-order valence-electron chi connectivity index (χ2n) is 4.61. The molecule has 1 aliphatic heterocycles. The van der Waals surface area contributed by atoms with E-state index in [0.29, 0.717) is 16.4 Å². The molecule has 1 aliphatic rings. The number of hydrogen-bond acceptors (Lipinski definition) is 3. The molecule has 4 nitrogen and oxygen atoms in total. The summed E-state index contributed by atoms with van der Waals surface area (Å²) in [5.74, 6) is -0.299. The highest BCUT2D eigenvalue weighted by Crippen LogP contribution is 2.27. The molecule has 0 fully saturated rings. The van der Waals surface area contributed by atoms with Crippen molar-refractivity contribution in [2.45, 2.75) is 6.23 Å². The summed E-state index contributed by atoms with van der Waals surface area (Å²) in [6.45, 7) is 0. The molecule has 2 aromatic carbocycles. The van der Waals surface area contributed by atoms with E-state index in [0.717, 1.165) is 11.1 Å². The maximum atomic E-state index is 12.1. The molecule has 0 bridgehead atoms. The lowest BCUT2D eigenvalue weighted by Crippen LogP contribution is -2.26. The van der Waals surface area contributed by atoms with Gasteiger partial charge in [0.15, 0.2) is 0 Å². The van der Waals surface area contributed by atoms with Crippen LogP contribution in [0.4, 0.5) is 5.69 Å². The van der Waals surface area contributed by atoms with E-state index in [1.807, 2.05) is 30.3 Å². The van der Waals surface area contributed by atoms with Gasteiger partial charge in [0.25, 0.3) is 5.91 Å². The first-order valence-corrected chi connectivity index (χ1v) is 6.83. The summed E-state index contributed by atoms with van der Waals surface area (Å²) in [6, 6.07) is 14.9. The predicted molar refractivity (Wildman–Crippen MR) is 83.0 cm³/mol. The van der Waals surface area contributed by atoms with Crippen LogP contribution in [-0.4, -0.2) is 25.0 Å². The van der Waals surface area contributed by atoms with Gasteiger partial charge in [-0.2, -0.15) is 0 Å². The maximum Gasteiger partial charge on any atom is 0.276 e. The number of methoxy groups -OCH3 is 1. The second kappa shape index (κ2) is 5.68. The number of nitrogens with zero attached hydrogens (tertiary/aromatic N) is 1. The molecule has 106 valence electrons. The number of hydrogen-bond donors (Lipinski definition) is 1. The van der Waals surface area contributed by atoms with E-state index in [9.17, 15) is 4.79 Å². The van der Waals surface area contributed by atoms with Crippen molar-refractivity contribution in [2.75, 3.05) is 12.4 Å². The highest BCUT2D eigenvalue weighted by Gasteiger charge is 2.25. The second-order valence-corrected chi connectivity index (χ2v) is 5.05. The van der Waals surface area contributed by atoms with Gasteiger partial charge in [0.05, 0.1) is 11.4 Å². The molecule has 1 atom stereocenters. The third-order valence-corrected chi connectivity index (χ3v) is 3.47. The Labute approximate surface area is 127 Å². The number of amides is 1. The molecule has 3 rings (SSSR count). The number of halogens is 1. The smallest absolute Gasteiger partial charge is 0.276 e. The number of ether oxygens (including phenoxy) is 1. The quantitative estimate of drug-likeness (QED) is 0.926. The number of nitrogens with one attached hydrogen (secondary N) is 1. The SMILES string of the molecule is COC1N=C(c2ccccc2)c2cc(Cl)ccc2NC1=O. The molecule has 0 aromatic heterocycles. The van der Waals surface area contributed by atoms with Crippen LogP contribution in [0.15, 0.2) is 53.5 Å². The van der Waals surface area contributed by atoms with Crippen molar-refractivity contribution in [2.24, 2.45) is 4.99 Å². The van der Waals surface area contributed by atoms with Crippen LogP contribution in [0.25, 0.3) is 0 Å². The van der Waals surface area contributed by atoms with Gasteiger partial charge in [-0.1, -0.05) is 41.9 Å². The number of rotatable bonds is 2. The van der Waals surface area contributed by atoms with Crippen molar-refractivity contribution < 1.29 is 9.53 Å². The number of anilines is 1. The zero-order valence-corrected chi connectivity index (χ0v) is 12.1. The number of aliphatic imine (C=N–C) groups is 1. The number of carbonyl (C=O) groups excluding carboxylic acids is 1. The van der Waals surface area contributed by atoms with Crippen molar-refractivity contribution in [1.82, 2.24) is 0 Å². The van der Waals surface area contributed by atoms with E-state index < -0.39 is 6.23 Å². The Morgan fingerprint density at radius 1 is 1.19 bits per heavy atom. The van der Waals surface area contributed by atoms with E-state index in [1.54, 1.807) is 18.2 Å². The average Bonchev–Trinajstić information content (AvgIpc) is 2.64. The molecule has 1 N–H and O–H groups in total. The van der Waals surface area contributed by atoms with Crippen molar-refractivity contribution in [3.05, 3.63) is 64.7 Å². The standard InChI is InChI=1S/C16H13ClN2O2/c1-21-16-15(20)18-13-8-7-11(17)9-12(13)14(19-16)10-5-3-2-4-6-10/h2-9,16H,1H3,(H,18,20). The summed E-state index contributed by atoms with van der Waals surface area (Å²) < 4.78 is 5.16. The van der Waals surface area contributed by atoms with E-state index in [1.165, 1.54) is 7.11 Å². The van der Waals surface area contributed by atoms with Crippen LogP contribution >= 0.6 is 11.6 Å². The number of benzodiazepines with no additional fused rings is 1. The Kier molecular flexibility index (Phi) is 3.73. The first kappa shape index (κ1) is 13.8. The Bertz CT molecular complexity index is 713. The zero-order chi connectivity index (χ0) is 14.8. The normalized spacial score (nSPS) is 17.5. The van der Waals surface area contributed by atoms with Gasteiger partial charge in [0, 0.05) is 23.3 Å². The molecule has 0 radical (unpaired) electrons. The Hall–Kier alpha value is -2.17. The van der Waals surface area contributed by atoms with Crippen molar-refractivity contribution in [3.63, 3.8) is 0 Å². The lowest BCUT2D eigenvalue weighted by molar-refractivity contribution is -0.125. The number of carbonyl (C=O) groups is 1. The highest BCUT2D eigenvalue weighted by atomic mass is 35.5. The maximum absolute atomic E-state index is 12.1. The van der Waals surface area contributed by atoms with Crippen molar-refractivity contribution in [3.8, 4) is 0 Å². The molecular formula is C16H13ClN2O2. The van der Waals surface area contributed by atoms with Gasteiger partial charge in [-0.05, 0) is 18.2 Å². The molecule has 1 unspecified atom stereocenters. The van der Waals surface area contributed by atoms with Crippen LogP contribution in [-0.2, 0) is 9.53 Å². The summed E-state index contributed by atoms with van der Waals surface area (Å²) in [6.07, 6.45) is -0.883. The van der Waals surface area contributed by atoms with E-state index in [-0.39, 0.29) is 5.91 Å². The lowest BCUT2D eigenvalue weighted by atomic mass is 10.0. The minimum Gasteiger partial charge on any atom is -0.352 e. The van der Waals surface area contributed by atoms with Gasteiger partial charge < -0.3 is 10.1 Å². The minimum atomic E-state index is -0.883. The fourth-order valence-electron chi connectivity index (χ4n) is 2.25. The van der Waals surface area contributed by atoms with Gasteiger partial charge in [-0.25, -0.2) is 4.99 Å². The largest absolute Gasteiger partial charge is 0.352 e. The van der Waals surface area contributed by atoms with Crippen LogP contribution in [0.5, 0.6) is 0 Å². The predicted octanol–water partition coefficient (Wildman–Crippen LogP) is 3.10. The van der Waals surface area contributed by atoms with Gasteiger partial charge >= 0.3 is 0 Å². The highest BCUT2D eigenvalue weighted by molar-refractivity contribution is 6.32. The van der Waals surface area contributed by atoms with E-state index in [4.69, 9.17) is 16.3 Å². The molecule has 0 saturated heterocycles. The van der Waals surface area contributed by atoms with Gasteiger partial charge in [-0.3, -0.25) is 4.79 Å².